The van der Waals surface area contributed by atoms with E-state index in [1.807, 2.05) is 0 Å². The number of nitrogens with one attached hydrogen (secondary N) is 2. The van der Waals surface area contributed by atoms with Crippen molar-refractivity contribution in [2.24, 2.45) is 0 Å². The summed E-state index contributed by atoms with van der Waals surface area (Å²) in [5.74, 6) is 0.847. The Labute approximate surface area is 216 Å². The zero-order valence-electron chi connectivity index (χ0n) is 20.4. The molecule has 1 saturated heterocycles. The second-order valence-corrected chi connectivity index (χ2v) is 9.68. The first-order valence-corrected chi connectivity index (χ1v) is 12.7. The van der Waals surface area contributed by atoms with E-state index in [1.165, 1.54) is 0 Å². The highest BCUT2D eigenvalue weighted by Crippen LogP contribution is 2.23. The minimum atomic E-state index is -0.473. The lowest BCUT2D eigenvalue weighted by molar-refractivity contribution is -0.140. The van der Waals surface area contributed by atoms with E-state index in [9.17, 15) is 14.4 Å². The summed E-state index contributed by atoms with van der Waals surface area (Å²) in [5.41, 5.74) is 0.595. The van der Waals surface area contributed by atoms with Crippen LogP contribution in [0.4, 0.5) is 0 Å². The van der Waals surface area contributed by atoms with Gasteiger partial charge in [-0.2, -0.15) is 0 Å². The number of benzene rings is 2. The SMILES string of the molecule is COc1ccc(C(=O)NC2CCC(NC(=O)[C@@H]3CCCN3C(=O)COc3ccc(Cl)cc3)CC2)cc1. The van der Waals surface area contributed by atoms with Crippen LogP contribution in [0.5, 0.6) is 11.5 Å². The molecule has 0 radical (unpaired) electrons. The standard InChI is InChI=1S/C27H32ClN3O5/c1-35-22-12-4-18(5-13-22)26(33)29-20-8-10-21(11-9-20)30-27(34)24-3-2-16-31(24)25(32)17-36-23-14-6-19(28)7-15-23/h4-7,12-15,20-21,24H,2-3,8-11,16-17H2,1H3,(H,29,33)(H,30,34)/t20?,21?,24-/m0/s1. The molecule has 36 heavy (non-hydrogen) atoms. The minimum Gasteiger partial charge on any atom is -0.497 e. The third-order valence-electron chi connectivity index (χ3n) is 6.81. The molecule has 9 heteroatoms. The van der Waals surface area contributed by atoms with Crippen molar-refractivity contribution in [1.29, 1.82) is 0 Å². The molecule has 1 atom stereocenters. The van der Waals surface area contributed by atoms with Crippen LogP contribution in [-0.2, 0) is 9.59 Å². The van der Waals surface area contributed by atoms with Gasteiger partial charge in [0.1, 0.15) is 17.5 Å². The Morgan fingerprint density at radius 3 is 2.14 bits per heavy atom. The van der Waals surface area contributed by atoms with Gasteiger partial charge in [0.05, 0.1) is 7.11 Å². The minimum absolute atomic E-state index is 0.0366. The molecule has 0 aromatic heterocycles. The molecule has 2 fully saturated rings. The molecular formula is C27H32ClN3O5. The lowest BCUT2D eigenvalue weighted by Crippen LogP contribution is -2.51. The summed E-state index contributed by atoms with van der Waals surface area (Å²) in [6, 6.07) is 13.5. The van der Waals surface area contributed by atoms with Crippen molar-refractivity contribution < 1.29 is 23.9 Å². The largest absolute Gasteiger partial charge is 0.497 e. The second kappa shape index (κ2) is 12.1. The summed E-state index contributed by atoms with van der Waals surface area (Å²) in [4.78, 5) is 39.9. The molecule has 1 aliphatic heterocycles. The maximum absolute atomic E-state index is 13.0. The normalized spacial score (nSPS) is 21.5. The lowest BCUT2D eigenvalue weighted by atomic mass is 9.90. The van der Waals surface area contributed by atoms with Gasteiger partial charge in [-0.25, -0.2) is 0 Å². The zero-order chi connectivity index (χ0) is 25.5. The highest BCUT2D eigenvalue weighted by molar-refractivity contribution is 6.30. The van der Waals surface area contributed by atoms with Gasteiger partial charge in [0.25, 0.3) is 11.8 Å². The number of rotatable bonds is 8. The molecule has 1 aliphatic carbocycles. The van der Waals surface area contributed by atoms with Crippen LogP contribution in [0.15, 0.2) is 48.5 Å². The predicted molar refractivity (Wildman–Crippen MR) is 136 cm³/mol. The van der Waals surface area contributed by atoms with Crippen LogP contribution in [0.2, 0.25) is 5.02 Å². The maximum Gasteiger partial charge on any atom is 0.261 e. The van der Waals surface area contributed by atoms with Crippen LogP contribution < -0.4 is 20.1 Å². The Kier molecular flexibility index (Phi) is 8.70. The molecule has 1 saturated carbocycles. The monoisotopic (exact) mass is 513 g/mol. The molecule has 0 bridgehead atoms. The van der Waals surface area contributed by atoms with Gasteiger partial charge in [-0.05, 0) is 87.1 Å². The van der Waals surface area contributed by atoms with Crippen LogP contribution in [-0.4, -0.2) is 61.0 Å². The summed E-state index contributed by atoms with van der Waals surface area (Å²) in [6.45, 7) is 0.426. The van der Waals surface area contributed by atoms with E-state index >= 15 is 0 Å². The Morgan fingerprint density at radius 2 is 1.50 bits per heavy atom. The van der Waals surface area contributed by atoms with E-state index in [0.717, 1.165) is 32.1 Å². The molecule has 3 amide bonds. The fourth-order valence-electron chi connectivity index (χ4n) is 4.79. The summed E-state index contributed by atoms with van der Waals surface area (Å²) < 4.78 is 10.7. The molecular weight excluding hydrogens is 482 g/mol. The fraction of sp³-hybridized carbons (Fsp3) is 0.444. The molecule has 4 rings (SSSR count). The van der Waals surface area contributed by atoms with Gasteiger partial charge in [-0.15, -0.1) is 0 Å². The lowest BCUT2D eigenvalue weighted by Gasteiger charge is -2.31. The molecule has 0 unspecified atom stereocenters. The number of amides is 3. The van der Waals surface area contributed by atoms with Crippen LogP contribution in [0.25, 0.3) is 0 Å². The van der Waals surface area contributed by atoms with E-state index < -0.39 is 6.04 Å². The van der Waals surface area contributed by atoms with Gasteiger partial charge in [-0.3, -0.25) is 14.4 Å². The summed E-state index contributed by atoms with van der Waals surface area (Å²) in [6.07, 6.45) is 4.56. The van der Waals surface area contributed by atoms with Gasteiger partial charge in [0.15, 0.2) is 6.61 Å². The van der Waals surface area contributed by atoms with Gasteiger partial charge >= 0.3 is 0 Å². The molecule has 2 aromatic carbocycles. The molecule has 192 valence electrons. The summed E-state index contributed by atoms with van der Waals surface area (Å²) in [7, 11) is 1.59. The van der Waals surface area contributed by atoms with Crippen LogP contribution >= 0.6 is 11.6 Å². The van der Waals surface area contributed by atoms with E-state index in [0.29, 0.717) is 35.1 Å². The highest BCUT2D eigenvalue weighted by Gasteiger charge is 2.35. The van der Waals surface area contributed by atoms with Gasteiger partial charge in [0.2, 0.25) is 5.91 Å². The Balaban J connectivity index is 1.21. The van der Waals surface area contributed by atoms with Gasteiger partial charge in [-0.1, -0.05) is 11.6 Å². The van der Waals surface area contributed by atoms with Gasteiger partial charge in [0, 0.05) is 29.2 Å². The van der Waals surface area contributed by atoms with E-state index in [1.54, 1.807) is 60.5 Å². The number of likely N-dealkylation sites (tertiary alicyclic amines) is 1. The summed E-state index contributed by atoms with van der Waals surface area (Å²) >= 11 is 5.88. The Morgan fingerprint density at radius 1 is 0.889 bits per heavy atom. The quantitative estimate of drug-likeness (QED) is 0.562. The van der Waals surface area contributed by atoms with E-state index in [4.69, 9.17) is 21.1 Å². The average Bonchev–Trinajstić information content (AvgIpc) is 3.40. The number of nitrogens with zero attached hydrogens (tertiary/aromatic N) is 1. The topological polar surface area (TPSA) is 97.0 Å². The van der Waals surface area contributed by atoms with Crippen LogP contribution in [0.1, 0.15) is 48.9 Å². The third kappa shape index (κ3) is 6.69. The molecule has 1 heterocycles. The number of hydrogen-bond acceptors (Lipinski definition) is 5. The predicted octanol–water partition coefficient (Wildman–Crippen LogP) is 3.58. The summed E-state index contributed by atoms with van der Waals surface area (Å²) in [5, 5.41) is 6.81. The maximum atomic E-state index is 13.0. The van der Waals surface area contributed by atoms with Crippen molar-refractivity contribution in [2.45, 2.75) is 56.7 Å². The number of carbonyl (C=O) groups is 3. The molecule has 2 aliphatic rings. The first-order chi connectivity index (χ1) is 17.4. The van der Waals surface area contributed by atoms with Crippen molar-refractivity contribution in [3.8, 4) is 11.5 Å². The number of carbonyl (C=O) groups excluding carboxylic acids is 3. The van der Waals surface area contributed by atoms with Crippen molar-refractivity contribution in [2.75, 3.05) is 20.3 Å². The van der Waals surface area contributed by atoms with Crippen molar-refractivity contribution >= 4 is 29.3 Å². The van der Waals surface area contributed by atoms with Crippen LogP contribution in [0, 0.1) is 0 Å². The smallest absolute Gasteiger partial charge is 0.261 e. The second-order valence-electron chi connectivity index (χ2n) is 9.25. The Hall–Kier alpha value is -3.26. The number of methoxy groups -OCH3 is 1. The highest BCUT2D eigenvalue weighted by atomic mass is 35.5. The number of hydrogen-bond donors (Lipinski definition) is 2. The fourth-order valence-corrected chi connectivity index (χ4v) is 4.91. The third-order valence-corrected chi connectivity index (χ3v) is 7.06. The molecule has 0 spiro atoms. The van der Waals surface area contributed by atoms with E-state index in [-0.39, 0.29) is 36.4 Å². The molecule has 2 N–H and O–H groups in total. The number of ether oxygens (including phenoxy) is 2. The van der Waals surface area contributed by atoms with Crippen molar-refractivity contribution in [1.82, 2.24) is 15.5 Å². The number of halogens is 1. The van der Waals surface area contributed by atoms with Crippen LogP contribution in [0.3, 0.4) is 0 Å². The average molecular weight is 514 g/mol. The molecule has 8 nitrogen and oxygen atoms in total. The first kappa shape index (κ1) is 25.8. The molecule has 2 aromatic rings. The zero-order valence-corrected chi connectivity index (χ0v) is 21.1. The van der Waals surface area contributed by atoms with E-state index in [2.05, 4.69) is 10.6 Å². The van der Waals surface area contributed by atoms with Crippen molar-refractivity contribution in [3.05, 3.63) is 59.1 Å². The van der Waals surface area contributed by atoms with Gasteiger partial charge < -0.3 is 25.0 Å². The first-order valence-electron chi connectivity index (χ1n) is 12.4. The Bertz CT molecular complexity index is 1050. The van der Waals surface area contributed by atoms with Crippen molar-refractivity contribution in [3.63, 3.8) is 0 Å².